The topological polar surface area (TPSA) is 108 Å². The molecular weight excluding hydrogens is 344 g/mol. The maximum Gasteiger partial charge on any atom is 0.242 e. The highest BCUT2D eigenvalue weighted by atomic mass is 79.9. The number of nitrogens with one attached hydrogen (secondary N) is 2. The molecule has 0 saturated heterocycles. The number of rotatable bonds is 5. The summed E-state index contributed by atoms with van der Waals surface area (Å²) in [4.78, 5) is 4.49. The van der Waals surface area contributed by atoms with E-state index in [0.29, 0.717) is 14.5 Å². The fraction of sp³-hybridized carbons (Fsp3) is 0.250. The lowest BCUT2D eigenvalue weighted by molar-refractivity contribution is 0.285. The molecule has 0 saturated carbocycles. The molecule has 0 unspecified atom stereocenters. The fourth-order valence-electron chi connectivity index (χ4n) is 1.22. The Morgan fingerprint density at radius 2 is 2.33 bits per heavy atom. The van der Waals surface area contributed by atoms with Crippen LogP contribution in [-0.2, 0) is 23.2 Å². The molecule has 0 atom stereocenters. The van der Waals surface area contributed by atoms with Gasteiger partial charge in [-0.3, -0.25) is 5.10 Å². The Morgan fingerprint density at radius 3 is 2.89 bits per heavy atom. The number of aromatic amines is 1. The zero-order chi connectivity index (χ0) is 13.2. The molecule has 7 nitrogen and oxygen atoms in total. The van der Waals surface area contributed by atoms with Gasteiger partial charge < -0.3 is 5.11 Å². The van der Waals surface area contributed by atoms with Crippen molar-refractivity contribution in [2.24, 2.45) is 0 Å². The first-order valence-electron chi connectivity index (χ1n) is 4.76. The minimum atomic E-state index is -3.64. The molecule has 10 heteroatoms. The second kappa shape index (κ2) is 5.45. The van der Waals surface area contributed by atoms with Gasteiger partial charge in [0.15, 0.2) is 0 Å². The van der Waals surface area contributed by atoms with Crippen LogP contribution in [0.3, 0.4) is 0 Å². The Hall–Kier alpha value is -0.810. The first kappa shape index (κ1) is 13.6. The normalized spacial score (nSPS) is 11.9. The van der Waals surface area contributed by atoms with E-state index in [1.54, 1.807) is 0 Å². The van der Waals surface area contributed by atoms with E-state index in [0.717, 1.165) is 0 Å². The van der Waals surface area contributed by atoms with Gasteiger partial charge in [0.2, 0.25) is 10.0 Å². The average Bonchev–Trinajstić information content (AvgIpc) is 2.95. The molecule has 0 aliphatic carbocycles. The molecule has 2 heterocycles. The number of H-pyrrole nitrogens is 1. The lowest BCUT2D eigenvalue weighted by Crippen LogP contribution is -2.23. The maximum absolute atomic E-state index is 12.0. The largest absolute Gasteiger partial charge is 0.391 e. The summed E-state index contributed by atoms with van der Waals surface area (Å²) < 4.78 is 26.8. The molecule has 0 aliphatic heterocycles. The molecule has 0 fully saturated rings. The monoisotopic (exact) mass is 352 g/mol. The van der Waals surface area contributed by atoms with Crippen LogP contribution < -0.4 is 4.72 Å². The molecule has 2 aromatic rings. The number of nitrogens with zero attached hydrogens (tertiary/aromatic N) is 2. The van der Waals surface area contributed by atoms with Crippen LogP contribution in [0.4, 0.5) is 0 Å². The number of hydrogen-bond donors (Lipinski definition) is 3. The van der Waals surface area contributed by atoms with E-state index in [1.165, 1.54) is 23.7 Å². The second-order valence-electron chi connectivity index (χ2n) is 3.27. The van der Waals surface area contributed by atoms with Gasteiger partial charge >= 0.3 is 0 Å². The summed E-state index contributed by atoms with van der Waals surface area (Å²) >= 11 is 4.34. The van der Waals surface area contributed by atoms with Crippen molar-refractivity contribution in [1.29, 1.82) is 0 Å². The smallest absolute Gasteiger partial charge is 0.242 e. The minimum Gasteiger partial charge on any atom is -0.391 e. The third-order valence-corrected chi connectivity index (χ3v) is 5.68. The predicted molar refractivity (Wildman–Crippen MR) is 68.4 cm³/mol. The Bertz CT molecular complexity index is 623. The number of aliphatic hydroxyl groups excluding tert-OH is 1. The van der Waals surface area contributed by atoms with E-state index in [4.69, 9.17) is 5.11 Å². The third kappa shape index (κ3) is 2.95. The SMILES string of the molecule is O=S(=O)(NCc1ncn[nH]1)c1cc(CO)sc1Br. The van der Waals surface area contributed by atoms with Gasteiger partial charge in [0.05, 0.1) is 16.9 Å². The zero-order valence-corrected chi connectivity index (χ0v) is 12.1. The molecule has 0 bridgehead atoms. The predicted octanol–water partition coefficient (Wildman–Crippen LogP) is 0.599. The van der Waals surface area contributed by atoms with Gasteiger partial charge in [-0.25, -0.2) is 18.1 Å². The van der Waals surface area contributed by atoms with Crippen molar-refractivity contribution in [3.8, 4) is 0 Å². The molecule has 0 aliphatic rings. The van der Waals surface area contributed by atoms with Crippen LogP contribution >= 0.6 is 27.3 Å². The summed E-state index contributed by atoms with van der Waals surface area (Å²) in [6.45, 7) is -0.167. The molecule has 3 N–H and O–H groups in total. The molecule has 0 aromatic carbocycles. The number of aromatic nitrogens is 3. The Labute approximate surface area is 115 Å². The number of hydrogen-bond acceptors (Lipinski definition) is 6. The van der Waals surface area contributed by atoms with Gasteiger partial charge in [-0.15, -0.1) is 11.3 Å². The first-order chi connectivity index (χ1) is 8.53. The average molecular weight is 353 g/mol. The van der Waals surface area contributed by atoms with Crippen LogP contribution in [0.2, 0.25) is 0 Å². The van der Waals surface area contributed by atoms with Crippen molar-refractivity contribution in [3.05, 3.63) is 26.9 Å². The molecule has 2 aromatic heterocycles. The highest BCUT2D eigenvalue weighted by Gasteiger charge is 2.20. The van der Waals surface area contributed by atoms with Crippen molar-refractivity contribution < 1.29 is 13.5 Å². The summed E-state index contributed by atoms with van der Waals surface area (Å²) in [6.07, 6.45) is 1.30. The molecule has 0 radical (unpaired) electrons. The van der Waals surface area contributed by atoms with Crippen molar-refractivity contribution in [2.75, 3.05) is 0 Å². The van der Waals surface area contributed by atoms with Gasteiger partial charge in [-0.1, -0.05) is 0 Å². The Balaban J connectivity index is 2.17. The van der Waals surface area contributed by atoms with E-state index in [9.17, 15) is 8.42 Å². The van der Waals surface area contributed by atoms with Gasteiger partial charge in [-0.2, -0.15) is 5.10 Å². The molecule has 18 heavy (non-hydrogen) atoms. The second-order valence-corrected chi connectivity index (χ2v) is 7.46. The van der Waals surface area contributed by atoms with Crippen LogP contribution in [0.5, 0.6) is 0 Å². The first-order valence-corrected chi connectivity index (χ1v) is 7.85. The summed E-state index contributed by atoms with van der Waals surface area (Å²) in [5.41, 5.74) is 0. The van der Waals surface area contributed by atoms with Crippen molar-refractivity contribution >= 4 is 37.3 Å². The van der Waals surface area contributed by atoms with Gasteiger partial charge in [0.1, 0.15) is 17.0 Å². The standard InChI is InChI=1S/C8H9BrN4O3S2/c9-8-6(1-5(3-14)17-8)18(15,16)12-2-7-10-4-11-13-7/h1,4,12,14H,2-3H2,(H,10,11,13). The minimum absolute atomic E-state index is 0.0269. The lowest BCUT2D eigenvalue weighted by atomic mass is 10.5. The van der Waals surface area contributed by atoms with Crippen LogP contribution in [0.25, 0.3) is 0 Å². The van der Waals surface area contributed by atoms with Crippen LogP contribution in [0, 0.1) is 0 Å². The van der Waals surface area contributed by atoms with E-state index < -0.39 is 10.0 Å². The van der Waals surface area contributed by atoms with E-state index in [-0.39, 0.29) is 18.0 Å². The Morgan fingerprint density at radius 1 is 1.56 bits per heavy atom. The molecule has 2 rings (SSSR count). The number of thiophene rings is 1. The molecule has 0 amide bonds. The molecule has 98 valence electrons. The Kier molecular flexibility index (Phi) is 4.12. The number of halogens is 1. The summed E-state index contributed by atoms with van der Waals surface area (Å²) in [6, 6.07) is 1.43. The van der Waals surface area contributed by atoms with Gasteiger partial charge in [0, 0.05) is 4.88 Å². The van der Waals surface area contributed by atoms with E-state index >= 15 is 0 Å². The summed E-state index contributed by atoms with van der Waals surface area (Å²) in [5.74, 6) is 0.423. The van der Waals surface area contributed by atoms with Crippen molar-refractivity contribution in [3.63, 3.8) is 0 Å². The van der Waals surface area contributed by atoms with Crippen molar-refractivity contribution in [2.45, 2.75) is 18.0 Å². The summed E-state index contributed by atoms with van der Waals surface area (Å²) in [5, 5.41) is 15.1. The van der Waals surface area contributed by atoms with E-state index in [1.807, 2.05) is 0 Å². The zero-order valence-electron chi connectivity index (χ0n) is 8.92. The lowest BCUT2D eigenvalue weighted by Gasteiger charge is -2.03. The van der Waals surface area contributed by atoms with Crippen LogP contribution in [-0.4, -0.2) is 28.7 Å². The quantitative estimate of drug-likeness (QED) is 0.730. The molecule has 0 spiro atoms. The van der Waals surface area contributed by atoms with Crippen LogP contribution in [0.1, 0.15) is 10.7 Å². The molecular formula is C8H9BrN4O3S2. The highest BCUT2D eigenvalue weighted by Crippen LogP contribution is 2.31. The maximum atomic E-state index is 12.0. The number of aliphatic hydroxyl groups is 1. The third-order valence-electron chi connectivity index (χ3n) is 2.05. The van der Waals surface area contributed by atoms with Crippen LogP contribution in [0.15, 0.2) is 21.1 Å². The highest BCUT2D eigenvalue weighted by molar-refractivity contribution is 9.11. The van der Waals surface area contributed by atoms with E-state index in [2.05, 4.69) is 35.8 Å². The van der Waals surface area contributed by atoms with Gasteiger partial charge in [0.25, 0.3) is 0 Å². The van der Waals surface area contributed by atoms with Crippen molar-refractivity contribution in [1.82, 2.24) is 19.9 Å². The number of sulfonamides is 1. The summed E-state index contributed by atoms with van der Waals surface area (Å²) in [7, 11) is -3.64. The van der Waals surface area contributed by atoms with Gasteiger partial charge in [-0.05, 0) is 22.0 Å². The fourth-order valence-corrected chi connectivity index (χ4v) is 4.74.